The average Bonchev–Trinajstić information content (AvgIpc) is 3.20. The molecule has 0 spiro atoms. The molecule has 2 unspecified atom stereocenters. The topological polar surface area (TPSA) is 25.2 Å². The molecule has 2 aliphatic carbocycles. The van der Waals surface area contributed by atoms with E-state index in [0.717, 1.165) is 17.4 Å². The van der Waals surface area contributed by atoms with E-state index >= 15 is 0 Å². The van der Waals surface area contributed by atoms with Crippen LogP contribution in [-0.2, 0) is 0 Å². The number of fused-ring (bicyclic) bond motifs is 1. The van der Waals surface area contributed by atoms with E-state index in [4.69, 9.17) is 4.42 Å². The molecule has 2 saturated carbocycles. The van der Waals surface area contributed by atoms with Gasteiger partial charge in [0.1, 0.15) is 5.58 Å². The first-order valence-corrected chi connectivity index (χ1v) is 8.14. The first kappa shape index (κ1) is 12.3. The summed E-state index contributed by atoms with van der Waals surface area (Å²) in [4.78, 5) is 0. The molecule has 2 fully saturated rings. The second-order valence-corrected chi connectivity index (χ2v) is 6.53. The van der Waals surface area contributed by atoms with Gasteiger partial charge in [-0.15, -0.1) is 0 Å². The minimum Gasteiger partial charge on any atom is -0.464 e. The fourth-order valence-corrected chi connectivity index (χ4v) is 4.44. The molecule has 2 heteroatoms. The maximum Gasteiger partial charge on any atom is 0.135 e. The van der Waals surface area contributed by atoms with E-state index in [0.29, 0.717) is 6.04 Å². The van der Waals surface area contributed by atoms with Crippen molar-refractivity contribution in [1.82, 2.24) is 0 Å². The summed E-state index contributed by atoms with van der Waals surface area (Å²) < 4.78 is 5.51. The van der Waals surface area contributed by atoms with E-state index in [9.17, 15) is 0 Å². The van der Waals surface area contributed by atoms with Crippen molar-refractivity contribution >= 4 is 16.7 Å². The summed E-state index contributed by atoms with van der Waals surface area (Å²) in [7, 11) is 0. The van der Waals surface area contributed by atoms with Crippen molar-refractivity contribution in [1.29, 1.82) is 0 Å². The van der Waals surface area contributed by atoms with Gasteiger partial charge < -0.3 is 9.73 Å². The first-order valence-electron chi connectivity index (χ1n) is 8.14. The van der Waals surface area contributed by atoms with Crippen LogP contribution in [-0.4, -0.2) is 6.04 Å². The Kier molecular flexibility index (Phi) is 3.17. The van der Waals surface area contributed by atoms with Gasteiger partial charge in [0.05, 0.1) is 6.26 Å². The van der Waals surface area contributed by atoms with Crippen LogP contribution in [0.5, 0.6) is 0 Å². The monoisotopic (exact) mass is 269 g/mol. The van der Waals surface area contributed by atoms with Crippen LogP contribution in [0.3, 0.4) is 0 Å². The maximum absolute atomic E-state index is 5.51. The predicted molar refractivity (Wildman–Crippen MR) is 82.9 cm³/mol. The molecular weight excluding hydrogens is 246 g/mol. The summed E-state index contributed by atoms with van der Waals surface area (Å²) in [6, 6.07) is 9.08. The summed E-state index contributed by atoms with van der Waals surface area (Å²) in [5, 5.41) is 5.06. The van der Waals surface area contributed by atoms with Gasteiger partial charge >= 0.3 is 0 Å². The van der Waals surface area contributed by atoms with Crippen LogP contribution in [0, 0.1) is 11.8 Å². The summed E-state index contributed by atoms with van der Waals surface area (Å²) in [5.41, 5.74) is 2.25. The van der Waals surface area contributed by atoms with Crippen LogP contribution in [0.15, 0.2) is 34.9 Å². The highest BCUT2D eigenvalue weighted by molar-refractivity contribution is 5.90. The Morgan fingerprint density at radius 1 is 0.950 bits per heavy atom. The quantitative estimate of drug-likeness (QED) is 0.828. The molecule has 2 aromatic rings. The molecule has 0 saturated heterocycles. The lowest BCUT2D eigenvalue weighted by Crippen LogP contribution is -2.28. The Labute approximate surface area is 120 Å². The van der Waals surface area contributed by atoms with E-state index < -0.39 is 0 Å². The Balaban J connectivity index is 1.56. The molecule has 0 amide bonds. The van der Waals surface area contributed by atoms with Crippen LogP contribution >= 0.6 is 0 Å². The van der Waals surface area contributed by atoms with Crippen molar-refractivity contribution in [3.8, 4) is 0 Å². The lowest BCUT2D eigenvalue weighted by Gasteiger charge is -2.27. The molecule has 2 atom stereocenters. The van der Waals surface area contributed by atoms with Crippen LogP contribution in [0.4, 0.5) is 5.69 Å². The third kappa shape index (κ3) is 2.11. The lowest BCUT2D eigenvalue weighted by molar-refractivity contribution is 0.328. The number of furan rings is 1. The third-order valence-corrected chi connectivity index (χ3v) is 5.41. The van der Waals surface area contributed by atoms with Gasteiger partial charge in [0, 0.05) is 17.1 Å². The van der Waals surface area contributed by atoms with Gasteiger partial charge in [-0.2, -0.15) is 0 Å². The molecule has 1 aromatic carbocycles. The molecule has 1 N–H and O–H groups in total. The van der Waals surface area contributed by atoms with Crippen LogP contribution in [0.1, 0.15) is 44.9 Å². The zero-order valence-corrected chi connectivity index (χ0v) is 12.0. The molecule has 1 aromatic heterocycles. The molecule has 2 aliphatic rings. The Hall–Kier alpha value is -1.44. The lowest BCUT2D eigenvalue weighted by atomic mass is 9.86. The second-order valence-electron chi connectivity index (χ2n) is 6.53. The van der Waals surface area contributed by atoms with E-state index in [2.05, 4.69) is 23.5 Å². The van der Waals surface area contributed by atoms with Crippen molar-refractivity contribution in [3.63, 3.8) is 0 Å². The van der Waals surface area contributed by atoms with Crippen LogP contribution < -0.4 is 5.32 Å². The maximum atomic E-state index is 5.51. The molecule has 4 rings (SSSR count). The van der Waals surface area contributed by atoms with Gasteiger partial charge in [-0.25, -0.2) is 0 Å². The number of rotatable bonds is 3. The van der Waals surface area contributed by atoms with E-state index in [1.165, 1.54) is 56.0 Å². The van der Waals surface area contributed by atoms with Crippen molar-refractivity contribution in [2.75, 3.05) is 5.32 Å². The summed E-state index contributed by atoms with van der Waals surface area (Å²) in [6.45, 7) is 0. The normalized spacial score (nSPS) is 27.4. The van der Waals surface area contributed by atoms with Crippen molar-refractivity contribution in [3.05, 3.63) is 30.5 Å². The number of nitrogens with one attached hydrogen (secondary N) is 1. The predicted octanol–water partition coefficient (Wildman–Crippen LogP) is 5.20. The van der Waals surface area contributed by atoms with Gasteiger partial charge in [-0.05, 0) is 42.9 Å². The fraction of sp³-hybridized carbons (Fsp3) is 0.556. The van der Waals surface area contributed by atoms with E-state index in [1.807, 2.05) is 6.07 Å². The number of benzene rings is 1. The van der Waals surface area contributed by atoms with E-state index in [1.54, 1.807) is 6.26 Å². The standard InChI is InChI=1S/C18H23NO/c1-2-6-13(5-1)14-7-3-8-16(14)19-17-9-4-10-18-15(17)11-12-20-18/h4,9-14,16,19H,1-3,5-8H2. The summed E-state index contributed by atoms with van der Waals surface area (Å²) in [6.07, 6.45) is 11.7. The van der Waals surface area contributed by atoms with Gasteiger partial charge in [-0.1, -0.05) is 38.2 Å². The minimum absolute atomic E-state index is 0.665. The van der Waals surface area contributed by atoms with Gasteiger partial charge in [-0.3, -0.25) is 0 Å². The third-order valence-electron chi connectivity index (χ3n) is 5.41. The number of hydrogen-bond donors (Lipinski definition) is 1. The number of anilines is 1. The van der Waals surface area contributed by atoms with Crippen molar-refractivity contribution in [2.24, 2.45) is 11.8 Å². The SMILES string of the molecule is c1cc(NC2CCCC2C2CCCC2)c2ccoc2c1. The molecule has 0 bridgehead atoms. The van der Waals surface area contributed by atoms with Gasteiger partial charge in [0.15, 0.2) is 0 Å². The second kappa shape index (κ2) is 5.16. The smallest absolute Gasteiger partial charge is 0.135 e. The fourth-order valence-electron chi connectivity index (χ4n) is 4.44. The Morgan fingerprint density at radius 2 is 1.85 bits per heavy atom. The average molecular weight is 269 g/mol. The zero-order chi connectivity index (χ0) is 13.4. The first-order chi connectivity index (χ1) is 9.92. The van der Waals surface area contributed by atoms with Crippen LogP contribution in [0.2, 0.25) is 0 Å². The molecule has 20 heavy (non-hydrogen) atoms. The number of hydrogen-bond acceptors (Lipinski definition) is 2. The largest absolute Gasteiger partial charge is 0.464 e. The highest BCUT2D eigenvalue weighted by Crippen LogP contribution is 2.42. The molecular formula is C18H23NO. The van der Waals surface area contributed by atoms with E-state index in [-0.39, 0.29) is 0 Å². The Morgan fingerprint density at radius 3 is 2.75 bits per heavy atom. The summed E-state index contributed by atoms with van der Waals surface area (Å²) >= 11 is 0. The summed E-state index contributed by atoms with van der Waals surface area (Å²) in [5.74, 6) is 1.86. The molecule has 106 valence electrons. The zero-order valence-electron chi connectivity index (χ0n) is 12.0. The highest BCUT2D eigenvalue weighted by atomic mass is 16.3. The van der Waals surface area contributed by atoms with Gasteiger partial charge in [0.2, 0.25) is 0 Å². The van der Waals surface area contributed by atoms with Crippen molar-refractivity contribution < 1.29 is 4.42 Å². The minimum atomic E-state index is 0.665. The molecule has 0 radical (unpaired) electrons. The van der Waals surface area contributed by atoms with Gasteiger partial charge in [0.25, 0.3) is 0 Å². The van der Waals surface area contributed by atoms with Crippen LogP contribution in [0.25, 0.3) is 11.0 Å². The molecule has 0 aliphatic heterocycles. The molecule has 2 nitrogen and oxygen atoms in total. The highest BCUT2D eigenvalue weighted by Gasteiger charge is 2.35. The molecule has 1 heterocycles. The Bertz CT molecular complexity index is 582. The van der Waals surface area contributed by atoms with Crippen molar-refractivity contribution in [2.45, 2.75) is 51.0 Å².